The van der Waals surface area contributed by atoms with Crippen LogP contribution < -0.4 is 15.7 Å². The number of methoxy groups -OCH3 is 1. The highest BCUT2D eigenvalue weighted by molar-refractivity contribution is 5.83. The van der Waals surface area contributed by atoms with Gasteiger partial charge in [-0.3, -0.25) is 9.55 Å². The Morgan fingerprint density at radius 2 is 2.05 bits per heavy atom. The zero-order valence-corrected chi connectivity index (χ0v) is 11.0. The van der Waals surface area contributed by atoms with Gasteiger partial charge < -0.3 is 10.1 Å². The molecule has 0 amide bonds. The first kappa shape index (κ1) is 12.2. The maximum absolute atomic E-state index is 11.6. The van der Waals surface area contributed by atoms with E-state index >= 15 is 0 Å². The number of rotatable bonds is 3. The molecular weight excluding hydrogens is 258 g/mol. The number of hydrogen-bond donors (Lipinski definition) is 2. The van der Waals surface area contributed by atoms with E-state index in [0.29, 0.717) is 17.0 Å². The molecule has 0 spiro atoms. The molecule has 0 bridgehead atoms. The van der Waals surface area contributed by atoms with Crippen LogP contribution in [0.3, 0.4) is 0 Å². The van der Waals surface area contributed by atoms with Gasteiger partial charge in [-0.2, -0.15) is 4.98 Å². The number of aromatic amines is 1. The van der Waals surface area contributed by atoms with Crippen molar-refractivity contribution in [3.05, 3.63) is 41.1 Å². The van der Waals surface area contributed by atoms with Gasteiger partial charge in [0.2, 0.25) is 0 Å². The molecule has 0 saturated carbocycles. The van der Waals surface area contributed by atoms with Gasteiger partial charge >= 0.3 is 5.69 Å². The molecule has 2 aromatic heterocycles. The normalized spacial score (nSPS) is 10.7. The van der Waals surface area contributed by atoms with E-state index in [-0.39, 0.29) is 0 Å². The van der Waals surface area contributed by atoms with Crippen LogP contribution in [0.2, 0.25) is 0 Å². The second kappa shape index (κ2) is 4.69. The van der Waals surface area contributed by atoms with Crippen LogP contribution in [0.4, 0.5) is 5.82 Å². The number of aromatic nitrogens is 4. The van der Waals surface area contributed by atoms with Gasteiger partial charge in [-0.05, 0) is 24.3 Å². The van der Waals surface area contributed by atoms with Crippen molar-refractivity contribution in [2.75, 3.05) is 19.5 Å². The maximum Gasteiger partial charge on any atom is 0.348 e. The van der Waals surface area contributed by atoms with Gasteiger partial charge in [0, 0.05) is 12.7 Å². The molecular formula is C13H13N5O2. The van der Waals surface area contributed by atoms with Gasteiger partial charge in [0.15, 0.2) is 5.65 Å². The molecule has 0 atom stereocenters. The molecule has 20 heavy (non-hydrogen) atoms. The summed E-state index contributed by atoms with van der Waals surface area (Å²) in [5.74, 6) is 1.31. The van der Waals surface area contributed by atoms with E-state index in [1.54, 1.807) is 25.1 Å². The average molecular weight is 271 g/mol. The summed E-state index contributed by atoms with van der Waals surface area (Å²) in [6.45, 7) is 0. The summed E-state index contributed by atoms with van der Waals surface area (Å²) in [6.07, 6.45) is 1.63. The van der Waals surface area contributed by atoms with Crippen molar-refractivity contribution in [1.82, 2.24) is 19.5 Å². The Morgan fingerprint density at radius 3 is 2.70 bits per heavy atom. The first-order valence-corrected chi connectivity index (χ1v) is 6.02. The fraction of sp³-hybridized carbons (Fsp3) is 0.154. The second-order valence-electron chi connectivity index (χ2n) is 4.15. The monoisotopic (exact) mass is 271 g/mol. The number of fused-ring (bicyclic) bond motifs is 1. The smallest absolute Gasteiger partial charge is 0.348 e. The fourth-order valence-electron chi connectivity index (χ4n) is 2.03. The lowest BCUT2D eigenvalue weighted by molar-refractivity contribution is 0.415. The molecule has 0 aliphatic heterocycles. The number of imidazole rings is 1. The number of hydrogen-bond acceptors (Lipinski definition) is 5. The lowest BCUT2D eigenvalue weighted by Crippen LogP contribution is -2.13. The molecule has 2 heterocycles. The Balaban J connectivity index is 2.21. The lowest BCUT2D eigenvalue weighted by Gasteiger charge is -2.05. The third-order valence-electron chi connectivity index (χ3n) is 3.02. The minimum absolute atomic E-state index is 0.419. The Labute approximate surface area is 114 Å². The summed E-state index contributed by atoms with van der Waals surface area (Å²) in [6, 6.07) is 7.43. The average Bonchev–Trinajstić information content (AvgIpc) is 2.90. The highest BCUT2D eigenvalue weighted by Crippen LogP contribution is 2.21. The quantitative estimate of drug-likeness (QED) is 0.746. The minimum atomic E-state index is -0.419. The number of anilines is 1. The van der Waals surface area contributed by atoms with Crippen molar-refractivity contribution in [3.63, 3.8) is 0 Å². The van der Waals surface area contributed by atoms with Crippen molar-refractivity contribution in [2.45, 2.75) is 0 Å². The van der Waals surface area contributed by atoms with Crippen molar-refractivity contribution in [2.24, 2.45) is 0 Å². The highest BCUT2D eigenvalue weighted by atomic mass is 16.5. The number of ether oxygens (including phenoxy) is 1. The summed E-state index contributed by atoms with van der Waals surface area (Å²) in [4.78, 5) is 22.5. The van der Waals surface area contributed by atoms with Crippen LogP contribution in [0.15, 0.2) is 35.4 Å². The first-order chi connectivity index (χ1) is 9.72. The zero-order chi connectivity index (χ0) is 14.1. The molecule has 0 unspecified atom stereocenters. The molecule has 7 heteroatoms. The van der Waals surface area contributed by atoms with Gasteiger partial charge in [0.25, 0.3) is 0 Å². The Kier molecular flexibility index (Phi) is 2.86. The van der Waals surface area contributed by atoms with E-state index in [2.05, 4.69) is 20.3 Å². The first-order valence-electron chi connectivity index (χ1n) is 6.02. The summed E-state index contributed by atoms with van der Waals surface area (Å²) in [7, 11) is 3.33. The van der Waals surface area contributed by atoms with Crippen molar-refractivity contribution in [3.8, 4) is 11.4 Å². The Hall–Kier alpha value is -2.83. The molecule has 0 radical (unpaired) electrons. The molecule has 0 aliphatic carbocycles. The standard InChI is InChI=1S/C13H13N5O2/c1-14-11-10-12(17-13(19)16-11)18(7-15-10)8-3-5-9(20-2)6-4-8/h3-7H,1-2H3,(H2,14,16,17,19). The van der Waals surface area contributed by atoms with Crippen molar-refractivity contribution in [1.29, 1.82) is 0 Å². The molecule has 1 aromatic carbocycles. The summed E-state index contributed by atoms with van der Waals surface area (Å²) < 4.78 is 6.88. The predicted octanol–water partition coefficient (Wildman–Crippen LogP) is 1.16. The van der Waals surface area contributed by atoms with Gasteiger partial charge in [-0.25, -0.2) is 9.78 Å². The van der Waals surface area contributed by atoms with Crippen LogP contribution >= 0.6 is 0 Å². The van der Waals surface area contributed by atoms with Gasteiger partial charge in [-0.1, -0.05) is 0 Å². The van der Waals surface area contributed by atoms with E-state index in [1.807, 2.05) is 24.3 Å². The van der Waals surface area contributed by atoms with Crippen molar-refractivity contribution >= 4 is 17.0 Å². The number of benzene rings is 1. The number of nitrogens with zero attached hydrogens (tertiary/aromatic N) is 3. The van der Waals surface area contributed by atoms with Crippen LogP contribution in [-0.4, -0.2) is 33.7 Å². The SMILES string of the molecule is CNc1[nH]c(=O)nc2c1ncn2-c1ccc(OC)cc1. The summed E-state index contributed by atoms with van der Waals surface area (Å²) in [5.41, 5.74) is 1.55. The van der Waals surface area contributed by atoms with E-state index in [9.17, 15) is 4.79 Å². The molecule has 3 aromatic rings. The van der Waals surface area contributed by atoms with Crippen LogP contribution in [0, 0.1) is 0 Å². The summed E-state index contributed by atoms with van der Waals surface area (Å²) >= 11 is 0. The van der Waals surface area contributed by atoms with Gasteiger partial charge in [0.1, 0.15) is 23.4 Å². The molecule has 2 N–H and O–H groups in total. The Bertz CT molecular complexity index is 804. The lowest BCUT2D eigenvalue weighted by atomic mass is 10.3. The molecule has 0 fully saturated rings. The highest BCUT2D eigenvalue weighted by Gasteiger charge is 2.11. The zero-order valence-electron chi connectivity index (χ0n) is 11.0. The molecule has 0 aliphatic rings. The number of nitrogens with one attached hydrogen (secondary N) is 2. The largest absolute Gasteiger partial charge is 0.497 e. The Morgan fingerprint density at radius 1 is 1.30 bits per heavy atom. The van der Waals surface area contributed by atoms with E-state index < -0.39 is 5.69 Å². The third-order valence-corrected chi connectivity index (χ3v) is 3.02. The van der Waals surface area contributed by atoms with Crippen LogP contribution in [-0.2, 0) is 0 Å². The van der Waals surface area contributed by atoms with E-state index in [1.165, 1.54) is 0 Å². The fourth-order valence-corrected chi connectivity index (χ4v) is 2.03. The third kappa shape index (κ3) is 1.89. The molecule has 3 rings (SSSR count). The molecule has 7 nitrogen and oxygen atoms in total. The van der Waals surface area contributed by atoms with E-state index in [0.717, 1.165) is 11.4 Å². The van der Waals surface area contributed by atoms with Crippen LogP contribution in [0.1, 0.15) is 0 Å². The summed E-state index contributed by atoms with van der Waals surface area (Å²) in [5, 5.41) is 2.90. The van der Waals surface area contributed by atoms with Gasteiger partial charge in [-0.15, -0.1) is 0 Å². The molecule has 0 saturated heterocycles. The van der Waals surface area contributed by atoms with Crippen LogP contribution in [0.5, 0.6) is 5.75 Å². The van der Waals surface area contributed by atoms with Crippen LogP contribution in [0.25, 0.3) is 16.9 Å². The minimum Gasteiger partial charge on any atom is -0.497 e. The predicted molar refractivity (Wildman–Crippen MR) is 75.6 cm³/mol. The van der Waals surface area contributed by atoms with E-state index in [4.69, 9.17) is 4.74 Å². The number of H-pyrrole nitrogens is 1. The second-order valence-corrected chi connectivity index (χ2v) is 4.15. The van der Waals surface area contributed by atoms with Gasteiger partial charge in [0.05, 0.1) is 7.11 Å². The molecule has 102 valence electrons. The maximum atomic E-state index is 11.6. The van der Waals surface area contributed by atoms with Crippen molar-refractivity contribution < 1.29 is 4.74 Å². The topological polar surface area (TPSA) is 84.8 Å².